The summed E-state index contributed by atoms with van der Waals surface area (Å²) in [5, 5.41) is 39.0. The minimum atomic E-state index is -0.789. The van der Waals surface area contributed by atoms with E-state index in [1.807, 2.05) is 81.7 Å². The van der Waals surface area contributed by atoms with Crippen molar-refractivity contribution in [3.8, 4) is 27.4 Å². The zero-order valence-corrected chi connectivity index (χ0v) is 38.1. The van der Waals surface area contributed by atoms with Crippen molar-refractivity contribution in [2.75, 3.05) is 26.2 Å². The van der Waals surface area contributed by atoms with Gasteiger partial charge in [-0.2, -0.15) is 0 Å². The number of carbonyl (C=O) groups excluding carboxylic acids is 2. The molecule has 3 aliphatic carbocycles. The summed E-state index contributed by atoms with van der Waals surface area (Å²) < 4.78 is 6.01. The van der Waals surface area contributed by atoms with E-state index in [4.69, 9.17) is 4.52 Å². The maximum atomic E-state index is 14.4. The number of β-amino-alcohol motifs (C(OH)–C–C–N with tert-alkyl or cyclic N) is 1. The molecule has 6 aromatic rings. The van der Waals surface area contributed by atoms with Crippen LogP contribution in [0.4, 0.5) is 0 Å². The van der Waals surface area contributed by atoms with E-state index in [-0.39, 0.29) is 47.9 Å². The number of rotatable bonds is 12. The summed E-state index contributed by atoms with van der Waals surface area (Å²) in [4.78, 5) is 40.2. The summed E-state index contributed by atoms with van der Waals surface area (Å²) in [6, 6.07) is 18.4. The monoisotopic (exact) mass is 885 g/mol. The number of aryl methyl sites for hydroxylation is 2. The second-order valence-corrected chi connectivity index (χ2v) is 21.2. The summed E-state index contributed by atoms with van der Waals surface area (Å²) in [6.45, 7) is 13.5. The van der Waals surface area contributed by atoms with Crippen molar-refractivity contribution < 1.29 is 24.3 Å². The SMILES string of the molecule is Cc1ncsc1-c1ccc(C(C)NC(=O)[C@@H]2C[C@@H](O)CN2C(=O)C(c2cc(C34CC(CN5CCC(c6sc7nnc(-c8ccccc8O)cc7c6C)CC5)(C3)C4)no2)C(C)C)cc1. The lowest BCUT2D eigenvalue weighted by atomic mass is 9.34. The molecule has 6 heterocycles. The van der Waals surface area contributed by atoms with Crippen LogP contribution in [0.1, 0.15) is 110 Å². The highest BCUT2D eigenvalue weighted by Crippen LogP contribution is 2.73. The average molecular weight is 886 g/mol. The van der Waals surface area contributed by atoms with Gasteiger partial charge in [0, 0.05) is 46.8 Å². The highest BCUT2D eigenvalue weighted by atomic mass is 32.1. The van der Waals surface area contributed by atoms with E-state index in [0.29, 0.717) is 28.4 Å². The normalized spacial score (nSPS) is 24.7. The predicted molar refractivity (Wildman–Crippen MR) is 245 cm³/mol. The highest BCUT2D eigenvalue weighted by Gasteiger charge is 2.69. The van der Waals surface area contributed by atoms with Gasteiger partial charge in [-0.25, -0.2) is 4.98 Å². The van der Waals surface area contributed by atoms with Gasteiger partial charge in [-0.15, -0.1) is 32.9 Å². The minimum absolute atomic E-state index is 0.00461. The number of amides is 2. The van der Waals surface area contributed by atoms with Gasteiger partial charge in [0.15, 0.2) is 0 Å². The van der Waals surface area contributed by atoms with Crippen LogP contribution in [-0.2, 0) is 15.0 Å². The molecule has 4 aromatic heterocycles. The molecule has 2 saturated heterocycles. The molecule has 0 spiro atoms. The number of fused-ring (bicyclic) bond motifs is 1. The van der Waals surface area contributed by atoms with Crippen molar-refractivity contribution in [1.82, 2.24) is 35.5 Å². The Hall–Kier alpha value is -5.02. The number of para-hydroxylation sites is 1. The Kier molecular flexibility index (Phi) is 10.8. The first-order valence-electron chi connectivity index (χ1n) is 22.3. The van der Waals surface area contributed by atoms with Crippen LogP contribution in [0.5, 0.6) is 5.75 Å². The van der Waals surface area contributed by atoms with Crippen molar-refractivity contribution in [3.63, 3.8) is 0 Å². The number of phenolic OH excluding ortho intramolecular Hbond substituents is 1. The molecule has 2 aliphatic heterocycles. The Morgan fingerprint density at radius 2 is 1.75 bits per heavy atom. The predicted octanol–water partition coefficient (Wildman–Crippen LogP) is 8.67. The molecular formula is C49H55N7O5S2. The molecule has 328 valence electrons. The van der Waals surface area contributed by atoms with Gasteiger partial charge >= 0.3 is 0 Å². The third-order valence-electron chi connectivity index (χ3n) is 14.5. The number of aromatic nitrogens is 4. The molecule has 14 heteroatoms. The highest BCUT2D eigenvalue weighted by molar-refractivity contribution is 7.19. The summed E-state index contributed by atoms with van der Waals surface area (Å²) in [5.41, 5.74) is 8.78. The van der Waals surface area contributed by atoms with E-state index in [0.717, 1.165) is 89.3 Å². The van der Waals surface area contributed by atoms with Crippen LogP contribution in [0.2, 0.25) is 0 Å². The minimum Gasteiger partial charge on any atom is -0.507 e. The lowest BCUT2D eigenvalue weighted by Gasteiger charge is -2.71. The Morgan fingerprint density at radius 1 is 1.00 bits per heavy atom. The summed E-state index contributed by atoms with van der Waals surface area (Å²) in [7, 11) is 0. The number of benzene rings is 2. The van der Waals surface area contributed by atoms with Gasteiger partial charge in [0.1, 0.15) is 28.3 Å². The van der Waals surface area contributed by atoms with Crippen LogP contribution >= 0.6 is 22.7 Å². The Bertz CT molecular complexity index is 2660. The first kappa shape index (κ1) is 42.0. The number of aliphatic hydroxyl groups is 1. The van der Waals surface area contributed by atoms with Crippen LogP contribution in [0.25, 0.3) is 31.9 Å². The molecule has 2 unspecified atom stereocenters. The topological polar surface area (TPSA) is 158 Å². The maximum absolute atomic E-state index is 14.4. The molecule has 2 bridgehead atoms. The quantitative estimate of drug-likeness (QED) is 0.109. The summed E-state index contributed by atoms with van der Waals surface area (Å²) in [6.07, 6.45) is 4.85. The molecule has 12 nitrogen and oxygen atoms in total. The molecule has 2 amide bonds. The number of aromatic hydroxyl groups is 1. The number of thiazole rings is 1. The van der Waals surface area contributed by atoms with Crippen molar-refractivity contribution in [1.29, 1.82) is 0 Å². The molecular weight excluding hydrogens is 831 g/mol. The smallest absolute Gasteiger partial charge is 0.243 e. The fourth-order valence-electron chi connectivity index (χ4n) is 11.3. The fourth-order valence-corrected chi connectivity index (χ4v) is 13.4. The Morgan fingerprint density at radius 3 is 2.44 bits per heavy atom. The molecule has 5 fully saturated rings. The van der Waals surface area contributed by atoms with E-state index in [1.54, 1.807) is 33.6 Å². The van der Waals surface area contributed by atoms with Crippen LogP contribution in [-0.4, -0.2) is 90.5 Å². The maximum Gasteiger partial charge on any atom is 0.243 e. The molecule has 3 saturated carbocycles. The van der Waals surface area contributed by atoms with Crippen molar-refractivity contribution in [2.45, 2.75) is 109 Å². The standard InChI is InChI=1S/C49H55N7O5S2/c1-27(2)42(47(60)56-21-34(57)18-38(56)45(59)51-29(4)31-10-12-32(13-11-31)44-30(5)50-26-62-44)40-20-41(54-61-40)49-22-48(23-49,24-49)25-55-16-14-33(15-17-55)43-28(3)36-19-37(52-53-46(36)63-43)35-8-6-7-9-39(35)58/h6-13,19-20,26-27,29,33-34,38,42,57-58H,14-18,21-25H2,1-5H3,(H,51,59)/t29?,34-,38+,42?,48?,49?/m1/s1. The van der Waals surface area contributed by atoms with Gasteiger partial charge in [0.2, 0.25) is 11.8 Å². The summed E-state index contributed by atoms with van der Waals surface area (Å²) in [5.74, 6) is 0.0333. The molecule has 2 aromatic carbocycles. The molecule has 5 aliphatic rings. The van der Waals surface area contributed by atoms with E-state index >= 15 is 0 Å². The summed E-state index contributed by atoms with van der Waals surface area (Å²) >= 11 is 3.37. The van der Waals surface area contributed by atoms with E-state index in [2.05, 4.69) is 43.5 Å². The van der Waals surface area contributed by atoms with Crippen molar-refractivity contribution >= 4 is 44.7 Å². The zero-order valence-electron chi connectivity index (χ0n) is 36.5. The number of aliphatic hydroxyl groups excluding tert-OH is 1. The second kappa shape index (κ2) is 16.2. The van der Waals surface area contributed by atoms with Gasteiger partial charge in [0.25, 0.3) is 0 Å². The van der Waals surface area contributed by atoms with Crippen LogP contribution in [0, 0.1) is 25.2 Å². The fraction of sp³-hybridized carbons (Fsp3) is 0.469. The van der Waals surface area contributed by atoms with E-state index in [1.165, 1.54) is 10.4 Å². The van der Waals surface area contributed by atoms with Gasteiger partial charge in [-0.3, -0.25) is 9.59 Å². The van der Waals surface area contributed by atoms with Gasteiger partial charge < -0.3 is 29.9 Å². The number of nitrogens with one attached hydrogen (secondary N) is 1. The van der Waals surface area contributed by atoms with Crippen molar-refractivity contribution in [3.05, 3.63) is 99.3 Å². The second-order valence-electron chi connectivity index (χ2n) is 19.3. The van der Waals surface area contributed by atoms with Gasteiger partial charge in [0.05, 0.1) is 39.6 Å². The Balaban J connectivity index is 0.743. The number of hydrogen-bond acceptors (Lipinski definition) is 12. The average Bonchev–Trinajstić information content (AvgIpc) is 4.06. The van der Waals surface area contributed by atoms with Crippen LogP contribution in [0.15, 0.2) is 70.7 Å². The molecule has 11 rings (SSSR count). The first-order chi connectivity index (χ1) is 30.3. The van der Waals surface area contributed by atoms with E-state index in [9.17, 15) is 19.8 Å². The Labute approximate surface area is 375 Å². The van der Waals surface area contributed by atoms with Gasteiger partial charge in [-0.1, -0.05) is 55.4 Å². The van der Waals surface area contributed by atoms with E-state index < -0.39 is 18.1 Å². The van der Waals surface area contributed by atoms with Crippen LogP contribution in [0.3, 0.4) is 0 Å². The lowest BCUT2D eigenvalue weighted by Crippen LogP contribution is -2.68. The third-order valence-corrected chi connectivity index (χ3v) is 16.9. The number of carbonyl (C=O) groups is 2. The van der Waals surface area contributed by atoms with Crippen molar-refractivity contribution in [2.24, 2.45) is 11.3 Å². The number of nitrogens with zero attached hydrogens (tertiary/aromatic N) is 6. The lowest BCUT2D eigenvalue weighted by molar-refractivity contribution is -0.160. The number of phenols is 1. The largest absolute Gasteiger partial charge is 0.507 e. The number of hydrogen-bond donors (Lipinski definition) is 3. The number of thiophene rings is 1. The van der Waals surface area contributed by atoms with Gasteiger partial charge in [-0.05, 0) is 118 Å². The van der Waals surface area contributed by atoms with Crippen LogP contribution < -0.4 is 5.32 Å². The first-order valence-corrected chi connectivity index (χ1v) is 24.0. The zero-order chi connectivity index (χ0) is 43.8. The third kappa shape index (κ3) is 7.56. The number of piperidine rings is 1. The molecule has 0 radical (unpaired) electrons. The molecule has 63 heavy (non-hydrogen) atoms. The molecule has 3 N–H and O–H groups in total. The number of likely N-dealkylation sites (tertiary alicyclic amines) is 2. The molecule has 4 atom stereocenters.